The van der Waals surface area contributed by atoms with E-state index in [1.54, 1.807) is 74.4 Å². The van der Waals surface area contributed by atoms with Crippen molar-refractivity contribution in [3.8, 4) is 17.0 Å². The smallest absolute Gasteiger partial charge is 0.418 e. The van der Waals surface area contributed by atoms with Gasteiger partial charge >= 0.3 is 28.6 Å². The number of ether oxygens (including phenoxy) is 4. The van der Waals surface area contributed by atoms with E-state index in [0.717, 1.165) is 22.6 Å². The number of hydroxylamine groups is 2. The molecule has 1 aromatic carbocycles. The van der Waals surface area contributed by atoms with Gasteiger partial charge in [-0.15, -0.1) is 15.6 Å². The van der Waals surface area contributed by atoms with Gasteiger partial charge in [0.05, 0.1) is 19.1 Å². The molecule has 1 aliphatic rings. The highest BCUT2D eigenvalue weighted by molar-refractivity contribution is 7.80. The molecule has 1 aliphatic heterocycles. The van der Waals surface area contributed by atoms with E-state index in [9.17, 15) is 32.4 Å². The molecular weight excluding hydrogens is 881 g/mol. The van der Waals surface area contributed by atoms with Crippen molar-refractivity contribution in [2.24, 2.45) is 12.2 Å². The van der Waals surface area contributed by atoms with E-state index < -0.39 is 87.2 Å². The maximum Gasteiger partial charge on any atom is 0.418 e. The third-order valence-electron chi connectivity index (χ3n) is 8.43. The number of aromatic nitrogens is 3. The molecule has 1 saturated heterocycles. The summed E-state index contributed by atoms with van der Waals surface area (Å²) in [7, 11) is -3.19. The summed E-state index contributed by atoms with van der Waals surface area (Å²) in [4.78, 5) is 74.6. The van der Waals surface area contributed by atoms with Crippen LogP contribution in [0.2, 0.25) is 0 Å². The maximum absolute atomic E-state index is 13.9. The fourth-order valence-corrected chi connectivity index (χ4v) is 6.84. The summed E-state index contributed by atoms with van der Waals surface area (Å²) in [6, 6.07) is 5.62. The Bertz CT molecular complexity index is 2320. The molecule has 4 rings (SSSR count). The van der Waals surface area contributed by atoms with Gasteiger partial charge in [0.1, 0.15) is 47.1 Å². The van der Waals surface area contributed by atoms with E-state index in [1.165, 1.54) is 19.2 Å². The number of hydrogen-bond acceptors (Lipinski definition) is 16. The van der Waals surface area contributed by atoms with Crippen LogP contribution in [0.4, 0.5) is 14.7 Å². The Morgan fingerprint density at radius 1 is 0.969 bits per heavy atom. The highest BCUT2D eigenvalue weighted by atomic mass is 32.3. The van der Waals surface area contributed by atoms with Crippen LogP contribution in [0.5, 0.6) is 5.75 Å². The first-order chi connectivity index (χ1) is 29.4. The number of β-lactam (4-membered cyclic amide) rings is 1. The van der Waals surface area contributed by atoms with Crippen LogP contribution in [-0.4, -0.2) is 111 Å². The minimum absolute atomic E-state index is 0.00856. The Balaban J connectivity index is 1.53. The molecule has 64 heavy (non-hydrogen) atoms. The molecule has 0 aliphatic carbocycles. The van der Waals surface area contributed by atoms with E-state index >= 15 is 0 Å². The van der Waals surface area contributed by atoms with Gasteiger partial charge in [0, 0.05) is 23.9 Å². The van der Waals surface area contributed by atoms with Crippen molar-refractivity contribution < 1.29 is 69.6 Å². The van der Waals surface area contributed by atoms with Gasteiger partial charge in [-0.1, -0.05) is 5.16 Å². The Kier molecular flexibility index (Phi) is 15.8. The number of imidazole rings is 1. The molecule has 352 valence electrons. The molecule has 2 aromatic heterocycles. The number of alkyl carbamates (subject to hydrolysis) is 1. The first-order valence-electron chi connectivity index (χ1n) is 19.9. The summed E-state index contributed by atoms with van der Waals surface area (Å²) in [5.41, 5.74) is -2.88. The predicted octanol–water partition coefficient (Wildman–Crippen LogP) is 4.05. The molecule has 1 fully saturated rings. The van der Waals surface area contributed by atoms with Crippen LogP contribution >= 0.6 is 11.3 Å². The lowest BCUT2D eigenvalue weighted by Gasteiger charge is -2.50. The van der Waals surface area contributed by atoms with Crippen LogP contribution in [0.15, 0.2) is 47.3 Å². The van der Waals surface area contributed by atoms with Crippen LogP contribution in [0.25, 0.3) is 11.3 Å². The molecular formula is C40H57N8O14S2+. The number of hydrogen-bond donors (Lipinski definition) is 4. The fourth-order valence-electron chi connectivity index (χ4n) is 5.71. The number of amides is 4. The van der Waals surface area contributed by atoms with Crippen LogP contribution < -0.4 is 25.3 Å². The molecule has 24 heteroatoms. The number of nitrogens with one attached hydrogen (secondary N) is 3. The molecule has 3 aromatic rings. The molecule has 0 saturated carbocycles. The molecule has 3 heterocycles. The van der Waals surface area contributed by atoms with Gasteiger partial charge in [-0.05, 0) is 100 Å². The van der Waals surface area contributed by atoms with Gasteiger partial charge in [0.15, 0.2) is 16.5 Å². The van der Waals surface area contributed by atoms with E-state index in [1.807, 2.05) is 40.8 Å². The number of oxime groups is 1. The molecule has 22 nitrogen and oxygen atoms in total. The third kappa shape index (κ3) is 15.2. The Labute approximate surface area is 375 Å². The standard InChI is InChI=1S/C40H56N8O14S2/c1-37(2,3)58-33(51)28(21-57-25-16-14-24(15-17-25)27-20-47(23-46(27)12)19-13-18-41-35(52)59-38(4,5)6)61-45-29(26-22-63-34(42-26)44-36(53)60-39(7,8)9)31(49)43-30-32(50)48(40(30,10)11)62-64(54,55)56/h14-17,20,22-23,28,30H,13,18-19,21H2,1-12H3,(H3-,41,42,43,44,49,52,53,54,55,56)/p+1/b45-29-/t28-,30+/m0/s1. The number of benzene rings is 1. The van der Waals surface area contributed by atoms with Gasteiger partial charge in [-0.3, -0.25) is 19.5 Å². The molecule has 0 radical (unpaired) electrons. The zero-order chi connectivity index (χ0) is 48.0. The summed E-state index contributed by atoms with van der Waals surface area (Å²) in [5, 5.41) is 13.3. The average Bonchev–Trinajstić information content (AvgIpc) is 3.75. The summed E-state index contributed by atoms with van der Waals surface area (Å²) in [6.45, 7) is 18.6. The van der Waals surface area contributed by atoms with Crippen LogP contribution in [-0.2, 0) is 61.7 Å². The van der Waals surface area contributed by atoms with Gasteiger partial charge in [-0.2, -0.15) is 13.5 Å². The number of nitrogens with zero attached hydrogens (tertiary/aromatic N) is 5. The molecule has 0 spiro atoms. The Morgan fingerprint density at radius 3 is 2.16 bits per heavy atom. The SMILES string of the molecule is C[n+]1cn(CCCNC(=O)OC(C)(C)C)cc1-c1ccc(OC[C@H](O/N=C(\C(=O)N[C@@H]2C(=O)N(OS(=O)(=O)O)C2(C)C)c2csc(NC(=O)OC(C)(C)C)n2)C(=O)OC(C)(C)C)cc1. The number of rotatable bonds is 17. The monoisotopic (exact) mass is 937 g/mol. The zero-order valence-electron chi connectivity index (χ0n) is 37.8. The van der Waals surface area contributed by atoms with Gasteiger partial charge in [0.2, 0.25) is 6.33 Å². The second kappa shape index (κ2) is 19.9. The number of thiazole rings is 1. The average molecular weight is 938 g/mol. The lowest BCUT2D eigenvalue weighted by molar-refractivity contribution is -0.660. The van der Waals surface area contributed by atoms with Crippen molar-refractivity contribution in [1.82, 2.24) is 25.2 Å². The van der Waals surface area contributed by atoms with Crippen molar-refractivity contribution in [2.75, 3.05) is 18.5 Å². The largest absolute Gasteiger partial charge is 0.489 e. The minimum Gasteiger partial charge on any atom is -0.489 e. The molecule has 0 bridgehead atoms. The van der Waals surface area contributed by atoms with Crippen LogP contribution in [0.3, 0.4) is 0 Å². The lowest BCUT2D eigenvalue weighted by Crippen LogP contribution is -2.76. The summed E-state index contributed by atoms with van der Waals surface area (Å²) >= 11 is 0.893. The summed E-state index contributed by atoms with van der Waals surface area (Å²) in [5.74, 6) is -2.64. The molecule has 4 N–H and O–H groups in total. The number of carbonyl (C=O) groups is 5. The van der Waals surface area contributed by atoms with Gasteiger partial charge in [-0.25, -0.2) is 28.5 Å². The van der Waals surface area contributed by atoms with E-state index in [0.29, 0.717) is 30.3 Å². The van der Waals surface area contributed by atoms with Crippen molar-refractivity contribution in [3.63, 3.8) is 0 Å². The predicted molar refractivity (Wildman–Crippen MR) is 230 cm³/mol. The molecule has 0 unspecified atom stereocenters. The Hall–Kier alpha value is -5.85. The maximum atomic E-state index is 13.9. The summed E-state index contributed by atoms with van der Waals surface area (Å²) in [6.07, 6.45) is 1.67. The van der Waals surface area contributed by atoms with E-state index in [4.69, 9.17) is 28.3 Å². The van der Waals surface area contributed by atoms with E-state index in [2.05, 4.69) is 30.4 Å². The molecule has 4 amide bonds. The summed E-state index contributed by atoms with van der Waals surface area (Å²) < 4.78 is 62.2. The van der Waals surface area contributed by atoms with Crippen molar-refractivity contribution in [3.05, 3.63) is 47.9 Å². The number of anilines is 1. The van der Waals surface area contributed by atoms with E-state index in [-0.39, 0.29) is 10.8 Å². The van der Waals surface area contributed by atoms with Gasteiger partial charge < -0.3 is 34.4 Å². The van der Waals surface area contributed by atoms with Gasteiger partial charge in [0.25, 0.3) is 17.9 Å². The molecule has 2 atom stereocenters. The highest BCUT2D eigenvalue weighted by Gasteiger charge is 2.58. The van der Waals surface area contributed by atoms with Crippen molar-refractivity contribution in [1.29, 1.82) is 0 Å². The zero-order valence-corrected chi connectivity index (χ0v) is 39.5. The number of carbonyl (C=O) groups excluding carboxylic acids is 5. The van der Waals surface area contributed by atoms with Crippen LogP contribution in [0, 0.1) is 0 Å². The second-order valence-electron chi connectivity index (χ2n) is 18.0. The topological polar surface area (TPSA) is 268 Å². The number of aryl methyl sites for hydroxylation is 2. The number of esters is 1. The third-order valence-corrected chi connectivity index (χ3v) is 9.53. The lowest BCUT2D eigenvalue weighted by atomic mass is 9.84. The first kappa shape index (κ1) is 50.8. The highest BCUT2D eigenvalue weighted by Crippen LogP contribution is 2.33. The second-order valence-corrected chi connectivity index (χ2v) is 19.9. The van der Waals surface area contributed by atoms with Crippen molar-refractivity contribution >= 4 is 62.5 Å². The fraction of sp³-hybridized carbons (Fsp3) is 0.550. The van der Waals surface area contributed by atoms with Crippen LogP contribution in [0.1, 0.15) is 88.3 Å². The van der Waals surface area contributed by atoms with Crippen molar-refractivity contribution in [2.45, 2.75) is 124 Å². The Morgan fingerprint density at radius 2 is 1.58 bits per heavy atom. The minimum atomic E-state index is -5.08. The normalized spacial score (nSPS) is 16.0. The quantitative estimate of drug-likeness (QED) is 0.0217. The first-order valence-corrected chi connectivity index (χ1v) is 22.2.